The Hall–Kier alpha value is -1.13. The van der Waals surface area contributed by atoms with Crippen LogP contribution in [0.4, 0.5) is 5.82 Å². The molecule has 0 spiro atoms. The third-order valence-electron chi connectivity index (χ3n) is 4.21. The van der Waals surface area contributed by atoms with E-state index < -0.39 is 0 Å². The number of anilines is 1. The van der Waals surface area contributed by atoms with Gasteiger partial charge in [0.25, 0.3) is 0 Å². The maximum Gasteiger partial charge on any atom is 0.129 e. The summed E-state index contributed by atoms with van der Waals surface area (Å²) in [6.45, 7) is 5.18. The van der Waals surface area contributed by atoms with Crippen LogP contribution in [0.1, 0.15) is 37.4 Å². The molecule has 1 fully saturated rings. The van der Waals surface area contributed by atoms with Crippen molar-refractivity contribution < 1.29 is 4.74 Å². The number of aromatic nitrogens is 1. The predicted molar refractivity (Wildman–Crippen MR) is 81.2 cm³/mol. The fourth-order valence-corrected chi connectivity index (χ4v) is 2.95. The largest absolute Gasteiger partial charge is 0.377 e. The highest BCUT2D eigenvalue weighted by atomic mass is 16.5. The van der Waals surface area contributed by atoms with Crippen LogP contribution in [0.15, 0.2) is 12.1 Å². The van der Waals surface area contributed by atoms with Gasteiger partial charge in [-0.2, -0.15) is 0 Å². The molecule has 1 saturated heterocycles. The third-order valence-corrected chi connectivity index (χ3v) is 4.21. The number of rotatable bonds is 5. The minimum atomic E-state index is 0.425. The van der Waals surface area contributed by atoms with Crippen molar-refractivity contribution in [3.63, 3.8) is 0 Å². The first-order valence-corrected chi connectivity index (χ1v) is 7.89. The molecular formula is C16H25N3O. The Kier molecular flexibility index (Phi) is 4.53. The molecule has 0 saturated carbocycles. The Morgan fingerprint density at radius 3 is 3.15 bits per heavy atom. The molecule has 2 aliphatic heterocycles. The molecule has 1 aromatic heterocycles. The average molecular weight is 275 g/mol. The van der Waals surface area contributed by atoms with Crippen LogP contribution in [0.3, 0.4) is 0 Å². The van der Waals surface area contributed by atoms with Crippen LogP contribution >= 0.6 is 0 Å². The summed E-state index contributed by atoms with van der Waals surface area (Å²) >= 11 is 0. The quantitative estimate of drug-likeness (QED) is 0.808. The predicted octanol–water partition coefficient (Wildman–Crippen LogP) is 2.14. The van der Waals surface area contributed by atoms with Gasteiger partial charge in [-0.05, 0) is 57.2 Å². The van der Waals surface area contributed by atoms with E-state index in [1.807, 2.05) is 0 Å². The Morgan fingerprint density at radius 1 is 1.35 bits per heavy atom. The molecular weight excluding hydrogens is 250 g/mol. The van der Waals surface area contributed by atoms with Crippen LogP contribution in [0.5, 0.6) is 0 Å². The van der Waals surface area contributed by atoms with Gasteiger partial charge >= 0.3 is 0 Å². The monoisotopic (exact) mass is 275 g/mol. The molecule has 0 aliphatic carbocycles. The van der Waals surface area contributed by atoms with E-state index in [9.17, 15) is 0 Å². The van der Waals surface area contributed by atoms with E-state index in [2.05, 4.69) is 29.7 Å². The van der Waals surface area contributed by atoms with Crippen LogP contribution in [-0.2, 0) is 17.6 Å². The SMILES string of the molecule is C[C@H]1CCc2ccc(CCCO[C@@H]3CCNC3)nc2N1. The summed E-state index contributed by atoms with van der Waals surface area (Å²) in [6, 6.07) is 4.95. The van der Waals surface area contributed by atoms with Gasteiger partial charge in [-0.15, -0.1) is 0 Å². The first-order valence-electron chi connectivity index (χ1n) is 7.89. The van der Waals surface area contributed by atoms with Gasteiger partial charge in [-0.1, -0.05) is 6.07 Å². The molecule has 2 atom stereocenters. The molecule has 0 unspecified atom stereocenters. The van der Waals surface area contributed by atoms with E-state index in [1.54, 1.807) is 0 Å². The first kappa shape index (κ1) is 13.8. The second kappa shape index (κ2) is 6.55. The van der Waals surface area contributed by atoms with E-state index in [1.165, 1.54) is 17.7 Å². The van der Waals surface area contributed by atoms with Gasteiger partial charge < -0.3 is 15.4 Å². The van der Waals surface area contributed by atoms with E-state index in [-0.39, 0.29) is 0 Å². The molecule has 3 heterocycles. The molecule has 2 N–H and O–H groups in total. The summed E-state index contributed by atoms with van der Waals surface area (Å²) in [5.74, 6) is 1.10. The zero-order chi connectivity index (χ0) is 13.8. The van der Waals surface area contributed by atoms with Gasteiger partial charge in [0.1, 0.15) is 5.82 Å². The van der Waals surface area contributed by atoms with Crippen molar-refractivity contribution in [3.8, 4) is 0 Å². The molecule has 4 heteroatoms. The van der Waals surface area contributed by atoms with E-state index >= 15 is 0 Å². The molecule has 110 valence electrons. The number of hydrogen-bond donors (Lipinski definition) is 2. The lowest BCUT2D eigenvalue weighted by Gasteiger charge is -2.23. The Balaban J connectivity index is 1.46. The topological polar surface area (TPSA) is 46.2 Å². The van der Waals surface area contributed by atoms with Crippen LogP contribution in [-0.4, -0.2) is 36.8 Å². The molecule has 0 amide bonds. The normalized spacial score (nSPS) is 25.2. The van der Waals surface area contributed by atoms with Crippen molar-refractivity contribution in [2.45, 2.75) is 51.2 Å². The summed E-state index contributed by atoms with van der Waals surface area (Å²) in [6.07, 6.45) is 5.99. The minimum Gasteiger partial charge on any atom is -0.377 e. The van der Waals surface area contributed by atoms with Crippen LogP contribution in [0, 0.1) is 0 Å². The highest BCUT2D eigenvalue weighted by molar-refractivity contribution is 5.48. The van der Waals surface area contributed by atoms with Gasteiger partial charge in [-0.3, -0.25) is 0 Å². The number of pyridine rings is 1. The molecule has 1 aromatic rings. The van der Waals surface area contributed by atoms with Crippen molar-refractivity contribution in [2.75, 3.05) is 25.0 Å². The zero-order valence-corrected chi connectivity index (χ0v) is 12.3. The molecule has 2 aliphatic rings. The van der Waals surface area contributed by atoms with Crippen LogP contribution in [0.25, 0.3) is 0 Å². The summed E-state index contributed by atoms with van der Waals surface area (Å²) in [5, 5.41) is 6.81. The average Bonchev–Trinajstić information content (AvgIpc) is 2.96. The lowest BCUT2D eigenvalue weighted by Crippen LogP contribution is -2.23. The fraction of sp³-hybridized carbons (Fsp3) is 0.688. The highest BCUT2D eigenvalue weighted by Crippen LogP contribution is 2.23. The van der Waals surface area contributed by atoms with Gasteiger partial charge in [0.15, 0.2) is 0 Å². The van der Waals surface area contributed by atoms with Gasteiger partial charge in [-0.25, -0.2) is 4.98 Å². The summed E-state index contributed by atoms with van der Waals surface area (Å²) in [5.41, 5.74) is 2.54. The zero-order valence-electron chi connectivity index (χ0n) is 12.3. The Morgan fingerprint density at radius 2 is 2.30 bits per heavy atom. The second-order valence-corrected chi connectivity index (χ2v) is 5.98. The van der Waals surface area contributed by atoms with Gasteiger partial charge in [0.2, 0.25) is 0 Å². The number of ether oxygens (including phenoxy) is 1. The minimum absolute atomic E-state index is 0.425. The van der Waals surface area contributed by atoms with Crippen molar-refractivity contribution >= 4 is 5.82 Å². The maximum absolute atomic E-state index is 5.85. The summed E-state index contributed by atoms with van der Waals surface area (Å²) in [4.78, 5) is 4.75. The lowest BCUT2D eigenvalue weighted by atomic mass is 10.0. The molecule has 4 nitrogen and oxygen atoms in total. The van der Waals surface area contributed by atoms with Crippen LogP contribution < -0.4 is 10.6 Å². The first-order chi connectivity index (χ1) is 9.81. The Labute approximate surface area is 121 Å². The van der Waals surface area contributed by atoms with Gasteiger partial charge in [0, 0.05) is 24.9 Å². The molecule has 0 aromatic carbocycles. The van der Waals surface area contributed by atoms with E-state index in [0.29, 0.717) is 12.1 Å². The highest BCUT2D eigenvalue weighted by Gasteiger charge is 2.16. The lowest BCUT2D eigenvalue weighted by molar-refractivity contribution is 0.0654. The number of nitrogens with zero attached hydrogens (tertiary/aromatic N) is 1. The molecule has 0 radical (unpaired) electrons. The van der Waals surface area contributed by atoms with Crippen molar-refractivity contribution in [2.24, 2.45) is 0 Å². The smallest absolute Gasteiger partial charge is 0.129 e. The standard InChI is InChI=1S/C16H25N3O/c1-12-4-5-13-6-7-14(19-16(13)18-12)3-2-10-20-15-8-9-17-11-15/h6-7,12,15,17H,2-5,8-11H2,1H3,(H,18,19)/t12-,15+/m0/s1. The number of aryl methyl sites for hydroxylation is 2. The Bertz CT molecular complexity index is 443. The van der Waals surface area contributed by atoms with Crippen molar-refractivity contribution in [1.29, 1.82) is 0 Å². The number of nitrogens with one attached hydrogen (secondary N) is 2. The maximum atomic E-state index is 5.85. The van der Waals surface area contributed by atoms with Crippen molar-refractivity contribution in [1.82, 2.24) is 10.3 Å². The number of fused-ring (bicyclic) bond motifs is 1. The molecule has 20 heavy (non-hydrogen) atoms. The molecule has 3 rings (SSSR count). The summed E-state index contributed by atoms with van der Waals surface area (Å²) < 4.78 is 5.85. The molecule has 0 bridgehead atoms. The van der Waals surface area contributed by atoms with Gasteiger partial charge in [0.05, 0.1) is 6.10 Å². The van der Waals surface area contributed by atoms with Crippen molar-refractivity contribution in [3.05, 3.63) is 23.4 Å². The fourth-order valence-electron chi connectivity index (χ4n) is 2.95. The third kappa shape index (κ3) is 3.49. The summed E-state index contributed by atoms with van der Waals surface area (Å²) in [7, 11) is 0. The second-order valence-electron chi connectivity index (χ2n) is 5.98. The van der Waals surface area contributed by atoms with E-state index in [0.717, 1.165) is 51.2 Å². The number of hydrogen-bond acceptors (Lipinski definition) is 4. The van der Waals surface area contributed by atoms with E-state index in [4.69, 9.17) is 9.72 Å². The van der Waals surface area contributed by atoms with Crippen LogP contribution in [0.2, 0.25) is 0 Å².